The standard InChI is InChI=1S/C14H21NO3S/c1-3-8-17-12-4-6-13(7-5-12)18-9-10-19-11(2)14(15)16/h4-7,11H,3,8-10H2,1-2H3,(H2,15,16). The van der Waals surface area contributed by atoms with Crippen LogP contribution in [0.4, 0.5) is 0 Å². The molecular formula is C14H21NO3S. The lowest BCUT2D eigenvalue weighted by Crippen LogP contribution is -2.23. The van der Waals surface area contributed by atoms with E-state index in [1.54, 1.807) is 6.92 Å². The topological polar surface area (TPSA) is 61.6 Å². The number of primary amides is 1. The summed E-state index contributed by atoms with van der Waals surface area (Å²) < 4.78 is 11.0. The zero-order valence-corrected chi connectivity index (χ0v) is 12.2. The molecule has 19 heavy (non-hydrogen) atoms. The monoisotopic (exact) mass is 283 g/mol. The molecule has 0 bridgehead atoms. The second-order valence-electron chi connectivity index (χ2n) is 4.08. The molecule has 1 aromatic rings. The van der Waals surface area contributed by atoms with Crippen LogP contribution in [0.5, 0.6) is 11.5 Å². The van der Waals surface area contributed by atoms with E-state index in [0.29, 0.717) is 6.61 Å². The molecule has 5 heteroatoms. The summed E-state index contributed by atoms with van der Waals surface area (Å²) in [5, 5.41) is -0.173. The van der Waals surface area contributed by atoms with Crippen LogP contribution in [0.2, 0.25) is 0 Å². The van der Waals surface area contributed by atoms with Crippen LogP contribution < -0.4 is 15.2 Å². The van der Waals surface area contributed by atoms with E-state index >= 15 is 0 Å². The molecule has 0 heterocycles. The van der Waals surface area contributed by atoms with Crippen LogP contribution in [-0.4, -0.2) is 30.1 Å². The largest absolute Gasteiger partial charge is 0.494 e. The minimum absolute atomic E-state index is 0.173. The van der Waals surface area contributed by atoms with Crippen LogP contribution in [-0.2, 0) is 4.79 Å². The van der Waals surface area contributed by atoms with Gasteiger partial charge in [-0.3, -0.25) is 4.79 Å². The van der Waals surface area contributed by atoms with Crippen molar-refractivity contribution in [3.8, 4) is 11.5 Å². The van der Waals surface area contributed by atoms with Crippen molar-refractivity contribution in [2.75, 3.05) is 19.0 Å². The predicted octanol–water partition coefficient (Wildman–Crippen LogP) is 2.46. The Bertz CT molecular complexity index is 381. The molecule has 0 aliphatic rings. The van der Waals surface area contributed by atoms with E-state index in [9.17, 15) is 4.79 Å². The lowest BCUT2D eigenvalue weighted by Gasteiger charge is -2.09. The molecule has 0 fully saturated rings. The number of rotatable bonds is 9. The molecule has 0 saturated carbocycles. The number of hydrogen-bond donors (Lipinski definition) is 1. The molecule has 1 amide bonds. The second-order valence-corrected chi connectivity index (χ2v) is 5.53. The highest BCUT2D eigenvalue weighted by Gasteiger charge is 2.08. The van der Waals surface area contributed by atoms with Gasteiger partial charge in [-0.15, -0.1) is 11.8 Å². The van der Waals surface area contributed by atoms with E-state index in [-0.39, 0.29) is 11.2 Å². The minimum atomic E-state index is -0.289. The van der Waals surface area contributed by atoms with Gasteiger partial charge in [0.2, 0.25) is 5.91 Å². The van der Waals surface area contributed by atoms with Crippen LogP contribution in [0.3, 0.4) is 0 Å². The second kappa shape index (κ2) is 8.69. The third kappa shape index (κ3) is 6.38. The molecule has 0 saturated heterocycles. The summed E-state index contributed by atoms with van der Waals surface area (Å²) in [5.74, 6) is 2.10. The third-order valence-electron chi connectivity index (χ3n) is 2.42. The summed E-state index contributed by atoms with van der Waals surface area (Å²) in [6, 6.07) is 7.55. The fourth-order valence-corrected chi connectivity index (χ4v) is 2.02. The summed E-state index contributed by atoms with van der Waals surface area (Å²) in [6.45, 7) is 5.15. The van der Waals surface area contributed by atoms with Crippen LogP contribution in [0.15, 0.2) is 24.3 Å². The molecule has 0 radical (unpaired) electrons. The van der Waals surface area contributed by atoms with Crippen LogP contribution in [0.25, 0.3) is 0 Å². The third-order valence-corrected chi connectivity index (χ3v) is 3.55. The van der Waals surface area contributed by atoms with E-state index in [1.807, 2.05) is 24.3 Å². The van der Waals surface area contributed by atoms with Gasteiger partial charge in [0.1, 0.15) is 11.5 Å². The number of hydrogen-bond acceptors (Lipinski definition) is 4. The molecule has 1 aromatic carbocycles. The van der Waals surface area contributed by atoms with Crippen molar-refractivity contribution in [1.82, 2.24) is 0 Å². The number of carbonyl (C=O) groups is 1. The molecule has 2 N–H and O–H groups in total. The van der Waals surface area contributed by atoms with Gasteiger partial charge >= 0.3 is 0 Å². The number of benzene rings is 1. The van der Waals surface area contributed by atoms with Gasteiger partial charge in [0, 0.05) is 5.75 Å². The van der Waals surface area contributed by atoms with E-state index in [1.165, 1.54) is 11.8 Å². The van der Waals surface area contributed by atoms with E-state index in [4.69, 9.17) is 15.2 Å². The number of nitrogens with two attached hydrogens (primary N) is 1. The van der Waals surface area contributed by atoms with Crippen LogP contribution >= 0.6 is 11.8 Å². The maximum atomic E-state index is 10.8. The number of ether oxygens (including phenoxy) is 2. The zero-order valence-electron chi connectivity index (χ0n) is 11.4. The summed E-state index contributed by atoms with van der Waals surface area (Å²) in [5.41, 5.74) is 5.17. The highest BCUT2D eigenvalue weighted by Crippen LogP contribution is 2.18. The van der Waals surface area contributed by atoms with Gasteiger partial charge in [-0.1, -0.05) is 6.92 Å². The smallest absolute Gasteiger partial charge is 0.230 e. The van der Waals surface area contributed by atoms with Crippen molar-refractivity contribution >= 4 is 17.7 Å². The predicted molar refractivity (Wildman–Crippen MR) is 78.8 cm³/mol. The first-order valence-electron chi connectivity index (χ1n) is 6.40. The van der Waals surface area contributed by atoms with Gasteiger partial charge in [0.05, 0.1) is 18.5 Å². The van der Waals surface area contributed by atoms with Crippen molar-refractivity contribution in [1.29, 1.82) is 0 Å². The maximum absolute atomic E-state index is 10.8. The van der Waals surface area contributed by atoms with Gasteiger partial charge in [-0.05, 0) is 37.6 Å². The SMILES string of the molecule is CCCOc1ccc(OCCSC(C)C(N)=O)cc1. The Balaban J connectivity index is 2.24. The Morgan fingerprint density at radius 2 is 1.74 bits per heavy atom. The molecule has 1 unspecified atom stereocenters. The van der Waals surface area contributed by atoms with Crippen molar-refractivity contribution in [2.45, 2.75) is 25.5 Å². The van der Waals surface area contributed by atoms with Gasteiger partial charge in [-0.2, -0.15) is 0 Å². The Hall–Kier alpha value is -1.36. The van der Waals surface area contributed by atoms with E-state index in [2.05, 4.69) is 6.92 Å². The molecule has 0 aliphatic carbocycles. The first-order chi connectivity index (χ1) is 9.13. The Labute approximate surface area is 118 Å². The van der Waals surface area contributed by atoms with Crippen LogP contribution in [0.1, 0.15) is 20.3 Å². The van der Waals surface area contributed by atoms with E-state index in [0.717, 1.165) is 30.3 Å². The molecule has 1 rings (SSSR count). The highest BCUT2D eigenvalue weighted by atomic mass is 32.2. The van der Waals surface area contributed by atoms with Crippen LogP contribution in [0, 0.1) is 0 Å². The zero-order chi connectivity index (χ0) is 14.1. The summed E-state index contributed by atoms with van der Waals surface area (Å²) >= 11 is 1.49. The molecule has 0 spiro atoms. The fraction of sp³-hybridized carbons (Fsp3) is 0.500. The average molecular weight is 283 g/mol. The van der Waals surface area contributed by atoms with Gasteiger partial charge < -0.3 is 15.2 Å². The lowest BCUT2D eigenvalue weighted by molar-refractivity contribution is -0.117. The van der Waals surface area contributed by atoms with Gasteiger partial charge in [-0.25, -0.2) is 0 Å². The quantitative estimate of drug-likeness (QED) is 0.707. The number of amides is 1. The van der Waals surface area contributed by atoms with Crippen molar-refractivity contribution < 1.29 is 14.3 Å². The number of carbonyl (C=O) groups excluding carboxylic acids is 1. The number of thioether (sulfide) groups is 1. The van der Waals surface area contributed by atoms with Gasteiger partial charge in [0.25, 0.3) is 0 Å². The molecule has 1 atom stereocenters. The molecule has 106 valence electrons. The molecule has 4 nitrogen and oxygen atoms in total. The normalized spacial score (nSPS) is 11.9. The summed E-state index contributed by atoms with van der Waals surface area (Å²) in [6.07, 6.45) is 0.994. The Morgan fingerprint density at radius 1 is 1.21 bits per heavy atom. The molecule has 0 aliphatic heterocycles. The molecular weight excluding hydrogens is 262 g/mol. The Kier molecular flexibility index (Phi) is 7.18. The van der Waals surface area contributed by atoms with Gasteiger partial charge in [0.15, 0.2) is 0 Å². The first kappa shape index (κ1) is 15.7. The van der Waals surface area contributed by atoms with E-state index < -0.39 is 0 Å². The highest BCUT2D eigenvalue weighted by molar-refractivity contribution is 8.00. The fourth-order valence-electron chi connectivity index (χ4n) is 1.32. The maximum Gasteiger partial charge on any atom is 0.230 e. The average Bonchev–Trinajstić information content (AvgIpc) is 2.42. The van der Waals surface area contributed by atoms with Crippen molar-refractivity contribution in [2.24, 2.45) is 5.73 Å². The lowest BCUT2D eigenvalue weighted by atomic mass is 10.3. The van der Waals surface area contributed by atoms with Crippen molar-refractivity contribution in [3.05, 3.63) is 24.3 Å². The Morgan fingerprint density at radius 3 is 2.21 bits per heavy atom. The summed E-state index contributed by atoms with van der Waals surface area (Å²) in [7, 11) is 0. The van der Waals surface area contributed by atoms with Crippen molar-refractivity contribution in [3.63, 3.8) is 0 Å². The first-order valence-corrected chi connectivity index (χ1v) is 7.45. The molecule has 0 aromatic heterocycles. The minimum Gasteiger partial charge on any atom is -0.494 e. The summed E-state index contributed by atoms with van der Waals surface area (Å²) in [4.78, 5) is 10.8.